The molecule has 5 nitrogen and oxygen atoms in total. The number of nitrogens with two attached hydrogens (primary N) is 1. The Morgan fingerprint density at radius 3 is 3.06 bits per heavy atom. The van der Waals surface area contributed by atoms with Gasteiger partial charge in [-0.05, 0) is 37.8 Å². The van der Waals surface area contributed by atoms with E-state index >= 15 is 0 Å². The Hall–Kier alpha value is -1.49. The lowest BCUT2D eigenvalue weighted by molar-refractivity contribution is 0.262. The number of piperidine rings is 1. The van der Waals surface area contributed by atoms with Gasteiger partial charge in [-0.15, -0.1) is 0 Å². The van der Waals surface area contributed by atoms with E-state index in [0.717, 1.165) is 31.6 Å². The first kappa shape index (κ1) is 13.0. The van der Waals surface area contributed by atoms with Crippen molar-refractivity contribution in [3.05, 3.63) is 12.1 Å². The molecule has 1 atom stereocenters. The lowest BCUT2D eigenvalue weighted by atomic mass is 9.99. The first-order valence-electron chi connectivity index (χ1n) is 6.44. The van der Waals surface area contributed by atoms with Crippen LogP contribution in [-0.2, 0) is 0 Å². The molecule has 1 aliphatic rings. The van der Waals surface area contributed by atoms with Crippen molar-refractivity contribution in [3.8, 4) is 5.88 Å². The van der Waals surface area contributed by atoms with Crippen LogP contribution in [0.4, 0.5) is 11.5 Å². The topological polar surface area (TPSA) is 71.6 Å². The van der Waals surface area contributed by atoms with E-state index in [9.17, 15) is 0 Å². The number of anilines is 2. The Morgan fingerprint density at radius 1 is 1.50 bits per heavy atom. The van der Waals surface area contributed by atoms with Crippen molar-refractivity contribution in [1.29, 1.82) is 0 Å². The number of aliphatic hydroxyl groups excluding tert-OH is 1. The van der Waals surface area contributed by atoms with Crippen molar-refractivity contribution in [3.63, 3.8) is 0 Å². The number of aliphatic hydroxyl groups is 1. The van der Waals surface area contributed by atoms with Gasteiger partial charge in [0.25, 0.3) is 0 Å². The molecule has 18 heavy (non-hydrogen) atoms. The summed E-state index contributed by atoms with van der Waals surface area (Å²) in [5.41, 5.74) is 6.33. The van der Waals surface area contributed by atoms with Gasteiger partial charge in [0.05, 0.1) is 12.8 Å². The average molecular weight is 251 g/mol. The summed E-state index contributed by atoms with van der Waals surface area (Å²) >= 11 is 0. The van der Waals surface area contributed by atoms with Gasteiger partial charge in [-0.2, -0.15) is 4.98 Å². The molecule has 0 bridgehead atoms. The van der Waals surface area contributed by atoms with Gasteiger partial charge in [0.1, 0.15) is 5.82 Å². The zero-order valence-corrected chi connectivity index (χ0v) is 10.8. The van der Waals surface area contributed by atoms with Crippen LogP contribution in [0.3, 0.4) is 0 Å². The number of ether oxygens (including phenoxy) is 1. The SMILES string of the molecule is COc1nc(N2CCCCC2CCO)ccc1N. The number of nitrogens with zero attached hydrogens (tertiary/aromatic N) is 2. The highest BCUT2D eigenvalue weighted by Gasteiger charge is 2.23. The molecule has 1 aliphatic heterocycles. The van der Waals surface area contributed by atoms with E-state index in [-0.39, 0.29) is 6.61 Å². The molecule has 1 aromatic rings. The van der Waals surface area contributed by atoms with Gasteiger partial charge in [-0.25, -0.2) is 0 Å². The van der Waals surface area contributed by atoms with Crippen LogP contribution in [0.2, 0.25) is 0 Å². The van der Waals surface area contributed by atoms with Crippen molar-refractivity contribution in [1.82, 2.24) is 4.98 Å². The van der Waals surface area contributed by atoms with E-state index in [4.69, 9.17) is 15.6 Å². The third-order valence-electron chi connectivity index (χ3n) is 3.45. The van der Waals surface area contributed by atoms with Crippen molar-refractivity contribution in [2.45, 2.75) is 31.7 Å². The predicted molar refractivity (Wildman–Crippen MR) is 71.9 cm³/mol. The average Bonchev–Trinajstić information content (AvgIpc) is 2.40. The number of methoxy groups -OCH3 is 1. The standard InChI is InChI=1S/C13H21N3O2/c1-18-13-11(14)5-6-12(15-13)16-8-3-2-4-10(16)7-9-17/h5-6,10,17H,2-4,7-9,14H2,1H3. The summed E-state index contributed by atoms with van der Waals surface area (Å²) in [5, 5.41) is 9.14. The second-order valence-electron chi connectivity index (χ2n) is 4.62. The quantitative estimate of drug-likeness (QED) is 0.846. The Labute approximate surface area is 108 Å². The summed E-state index contributed by atoms with van der Waals surface area (Å²) < 4.78 is 5.16. The van der Waals surface area contributed by atoms with Crippen LogP contribution in [0.25, 0.3) is 0 Å². The van der Waals surface area contributed by atoms with Gasteiger partial charge in [-0.3, -0.25) is 0 Å². The molecule has 2 heterocycles. The number of nitrogen functional groups attached to an aromatic ring is 1. The summed E-state index contributed by atoms with van der Waals surface area (Å²) in [6.07, 6.45) is 4.27. The summed E-state index contributed by atoms with van der Waals surface area (Å²) in [4.78, 5) is 6.70. The predicted octanol–water partition coefficient (Wildman–Crippen LogP) is 1.41. The molecule has 1 saturated heterocycles. The van der Waals surface area contributed by atoms with Gasteiger partial charge < -0.3 is 20.5 Å². The van der Waals surface area contributed by atoms with Crippen LogP contribution < -0.4 is 15.4 Å². The maximum atomic E-state index is 9.14. The largest absolute Gasteiger partial charge is 0.479 e. The summed E-state index contributed by atoms with van der Waals surface area (Å²) in [6.45, 7) is 1.19. The smallest absolute Gasteiger partial charge is 0.238 e. The minimum Gasteiger partial charge on any atom is -0.479 e. The third kappa shape index (κ3) is 2.67. The van der Waals surface area contributed by atoms with Gasteiger partial charge in [0.2, 0.25) is 5.88 Å². The van der Waals surface area contributed by atoms with Crippen LogP contribution in [0.5, 0.6) is 5.88 Å². The second kappa shape index (κ2) is 5.91. The number of hydrogen-bond acceptors (Lipinski definition) is 5. The highest BCUT2D eigenvalue weighted by Crippen LogP contribution is 2.28. The molecule has 5 heteroatoms. The summed E-state index contributed by atoms with van der Waals surface area (Å²) in [6, 6.07) is 4.11. The third-order valence-corrected chi connectivity index (χ3v) is 3.45. The van der Waals surface area contributed by atoms with Crippen molar-refractivity contribution in [2.24, 2.45) is 0 Å². The fourth-order valence-corrected chi connectivity index (χ4v) is 2.52. The maximum Gasteiger partial charge on any atom is 0.238 e. The molecule has 3 N–H and O–H groups in total. The first-order chi connectivity index (χ1) is 8.76. The molecular formula is C13H21N3O2. The van der Waals surface area contributed by atoms with E-state index in [0.29, 0.717) is 17.6 Å². The summed E-state index contributed by atoms with van der Waals surface area (Å²) in [7, 11) is 1.57. The molecule has 1 aromatic heterocycles. The van der Waals surface area contributed by atoms with E-state index in [2.05, 4.69) is 9.88 Å². The Bertz CT molecular complexity index is 396. The van der Waals surface area contributed by atoms with E-state index in [1.165, 1.54) is 6.42 Å². The summed E-state index contributed by atoms with van der Waals surface area (Å²) in [5.74, 6) is 1.36. The Morgan fingerprint density at radius 2 is 2.33 bits per heavy atom. The fourth-order valence-electron chi connectivity index (χ4n) is 2.52. The van der Waals surface area contributed by atoms with Gasteiger partial charge in [0, 0.05) is 19.2 Å². The lowest BCUT2D eigenvalue weighted by Gasteiger charge is -2.36. The first-order valence-corrected chi connectivity index (χ1v) is 6.44. The van der Waals surface area contributed by atoms with Crippen molar-refractivity contribution >= 4 is 11.5 Å². The number of aromatic nitrogens is 1. The van der Waals surface area contributed by atoms with Crippen LogP contribution >= 0.6 is 0 Å². The number of hydrogen-bond donors (Lipinski definition) is 2. The molecule has 0 saturated carbocycles. The van der Waals surface area contributed by atoms with Crippen molar-refractivity contribution < 1.29 is 9.84 Å². The van der Waals surface area contributed by atoms with Crippen molar-refractivity contribution in [2.75, 3.05) is 30.9 Å². The van der Waals surface area contributed by atoms with Gasteiger partial charge in [-0.1, -0.05) is 0 Å². The van der Waals surface area contributed by atoms with E-state index in [1.807, 2.05) is 12.1 Å². The monoisotopic (exact) mass is 251 g/mol. The highest BCUT2D eigenvalue weighted by molar-refractivity contribution is 5.55. The number of rotatable bonds is 4. The molecular weight excluding hydrogens is 230 g/mol. The second-order valence-corrected chi connectivity index (χ2v) is 4.62. The molecule has 1 fully saturated rings. The van der Waals surface area contributed by atoms with Crippen LogP contribution in [-0.4, -0.2) is 36.4 Å². The van der Waals surface area contributed by atoms with Gasteiger partial charge >= 0.3 is 0 Å². The maximum absolute atomic E-state index is 9.14. The molecule has 0 spiro atoms. The minimum atomic E-state index is 0.216. The molecule has 0 aliphatic carbocycles. The molecule has 0 amide bonds. The molecule has 0 radical (unpaired) electrons. The minimum absolute atomic E-state index is 0.216. The molecule has 0 aromatic carbocycles. The van der Waals surface area contributed by atoms with E-state index in [1.54, 1.807) is 7.11 Å². The van der Waals surface area contributed by atoms with Crippen LogP contribution in [0.1, 0.15) is 25.7 Å². The zero-order valence-electron chi connectivity index (χ0n) is 10.8. The molecule has 100 valence electrons. The fraction of sp³-hybridized carbons (Fsp3) is 0.615. The number of pyridine rings is 1. The highest BCUT2D eigenvalue weighted by atomic mass is 16.5. The normalized spacial score (nSPS) is 19.9. The lowest BCUT2D eigenvalue weighted by Crippen LogP contribution is -2.40. The van der Waals surface area contributed by atoms with E-state index < -0.39 is 0 Å². The van der Waals surface area contributed by atoms with Crippen LogP contribution in [0.15, 0.2) is 12.1 Å². The molecule has 2 rings (SSSR count). The van der Waals surface area contributed by atoms with Gasteiger partial charge in [0.15, 0.2) is 0 Å². The Kier molecular flexibility index (Phi) is 4.25. The zero-order chi connectivity index (χ0) is 13.0. The van der Waals surface area contributed by atoms with Crippen LogP contribution in [0, 0.1) is 0 Å². The molecule has 1 unspecified atom stereocenters. The Balaban J connectivity index is 2.22.